The Hall–Kier alpha value is -0.630. The van der Waals surface area contributed by atoms with E-state index in [1.807, 2.05) is 27.2 Å². The van der Waals surface area contributed by atoms with Gasteiger partial charge in [0, 0.05) is 24.9 Å². The summed E-state index contributed by atoms with van der Waals surface area (Å²) in [7, 11) is 2.02. The van der Waals surface area contributed by atoms with Crippen molar-refractivity contribution in [2.24, 2.45) is 0 Å². The molecule has 0 saturated heterocycles. The third kappa shape index (κ3) is 13.3. The van der Waals surface area contributed by atoms with Gasteiger partial charge in [-0.15, -0.1) is 0 Å². The maximum absolute atomic E-state index is 12.3. The Bertz CT molecular complexity index is 495. The Balaban J connectivity index is 0. The monoisotopic (exact) mass is 370 g/mol. The van der Waals surface area contributed by atoms with Crippen LogP contribution in [-0.2, 0) is 11.1 Å². The average molecular weight is 371 g/mol. The molecule has 0 radical (unpaired) electrons. The summed E-state index contributed by atoms with van der Waals surface area (Å²) in [6.07, 6.45) is 1.25. The summed E-state index contributed by atoms with van der Waals surface area (Å²) in [4.78, 5) is 4.63. The zero-order valence-electron chi connectivity index (χ0n) is 18.5. The average Bonchev–Trinajstić information content (AvgIpc) is 2.52. The van der Waals surface area contributed by atoms with Crippen molar-refractivity contribution in [2.45, 2.75) is 54.5 Å². The van der Waals surface area contributed by atoms with E-state index in [0.29, 0.717) is 0 Å². The Morgan fingerprint density at radius 3 is 1.88 bits per heavy atom. The number of rotatable bonds is 7. The number of hydrogen-bond donors (Lipinski definition) is 0. The highest BCUT2D eigenvalue weighted by molar-refractivity contribution is 7.70. The van der Waals surface area contributed by atoms with E-state index < -0.39 is 7.14 Å². The molecule has 0 fully saturated rings. The van der Waals surface area contributed by atoms with E-state index in [1.54, 1.807) is 0 Å². The Morgan fingerprint density at radius 1 is 0.960 bits per heavy atom. The number of hydrogen-bond acceptors (Lipinski definition) is 3. The van der Waals surface area contributed by atoms with Gasteiger partial charge in [-0.25, -0.2) is 0 Å². The van der Waals surface area contributed by atoms with E-state index in [9.17, 15) is 4.57 Å². The number of aryl methyl sites for hydroxylation is 1. The molecule has 1 aromatic carbocycles. The fraction of sp³-hybridized carbons (Fsp3) is 0.714. The zero-order chi connectivity index (χ0) is 20.0. The summed E-state index contributed by atoms with van der Waals surface area (Å²) in [6, 6.07) is 6.38. The predicted molar refractivity (Wildman–Crippen MR) is 117 cm³/mol. The molecular weight excluding hydrogens is 327 g/mol. The minimum absolute atomic E-state index is 0.930. The molecule has 3 nitrogen and oxygen atoms in total. The Kier molecular flexibility index (Phi) is 15.5. The number of likely N-dealkylation sites (N-methyl/N-ethyl adjacent to an activating group) is 2. The first-order valence-corrected chi connectivity index (χ1v) is 12.3. The quantitative estimate of drug-likeness (QED) is 0.626. The van der Waals surface area contributed by atoms with Gasteiger partial charge in [0.1, 0.15) is 7.14 Å². The van der Waals surface area contributed by atoms with Gasteiger partial charge in [-0.3, -0.25) is 4.90 Å². The van der Waals surface area contributed by atoms with E-state index in [0.717, 1.165) is 31.5 Å². The first-order chi connectivity index (χ1) is 11.6. The highest BCUT2D eigenvalue weighted by Gasteiger charge is 2.13. The van der Waals surface area contributed by atoms with Gasteiger partial charge in [0.25, 0.3) is 0 Å². The third-order valence-corrected chi connectivity index (χ3v) is 4.96. The fourth-order valence-electron chi connectivity index (χ4n) is 2.19. The third-order valence-electron chi connectivity index (χ3n) is 3.46. The molecular formula is C21H43N2OP. The molecule has 0 unspecified atom stereocenters. The maximum Gasteiger partial charge on any atom is 0.109 e. The lowest BCUT2D eigenvalue weighted by Gasteiger charge is -2.23. The second kappa shape index (κ2) is 14.5. The van der Waals surface area contributed by atoms with Crippen molar-refractivity contribution in [3.05, 3.63) is 29.3 Å². The van der Waals surface area contributed by atoms with Crippen molar-refractivity contribution in [2.75, 3.05) is 47.1 Å². The van der Waals surface area contributed by atoms with E-state index in [1.165, 1.54) is 17.5 Å². The van der Waals surface area contributed by atoms with Crippen LogP contribution in [0.1, 0.15) is 52.2 Å². The number of nitrogens with zero attached hydrogens (tertiary/aromatic N) is 2. The van der Waals surface area contributed by atoms with Crippen LogP contribution in [0.5, 0.6) is 0 Å². The molecule has 0 atom stereocenters. The molecule has 1 rings (SSSR count). The van der Waals surface area contributed by atoms with Gasteiger partial charge in [-0.1, -0.05) is 52.7 Å². The van der Waals surface area contributed by atoms with Gasteiger partial charge in [0.05, 0.1) is 0 Å². The van der Waals surface area contributed by atoms with Gasteiger partial charge >= 0.3 is 0 Å². The van der Waals surface area contributed by atoms with Crippen LogP contribution in [-0.4, -0.2) is 56.9 Å². The first-order valence-electron chi connectivity index (χ1n) is 9.67. The molecule has 1 aromatic rings. The van der Waals surface area contributed by atoms with E-state index in [-0.39, 0.29) is 0 Å². The van der Waals surface area contributed by atoms with Crippen molar-refractivity contribution in [3.63, 3.8) is 0 Å². The Morgan fingerprint density at radius 2 is 1.48 bits per heavy atom. The summed E-state index contributed by atoms with van der Waals surface area (Å²) in [5.41, 5.74) is 2.47. The molecule has 0 bridgehead atoms. The summed E-state index contributed by atoms with van der Waals surface area (Å²) >= 11 is 0. The molecule has 148 valence electrons. The van der Waals surface area contributed by atoms with E-state index in [2.05, 4.69) is 69.8 Å². The lowest BCUT2D eigenvalue weighted by atomic mass is 10.1. The van der Waals surface area contributed by atoms with Crippen LogP contribution in [0.15, 0.2) is 18.2 Å². The van der Waals surface area contributed by atoms with Crippen molar-refractivity contribution < 1.29 is 4.57 Å². The zero-order valence-corrected chi connectivity index (χ0v) is 19.4. The fourth-order valence-corrected chi connectivity index (χ4v) is 3.18. The standard InChI is InChI=1S/C16H29N2OP.C3H8.C2H6/c1-7-18(9-8-17(3)4)13-15-10-14(2)11-16(12-15)20(5,6)19;1-3-2;1-2/h10-12H,7-9,13H2,1-6H3;3H2,1-2H3;1-2H3. The predicted octanol–water partition coefficient (Wildman–Crippen LogP) is 5.07. The lowest BCUT2D eigenvalue weighted by molar-refractivity contribution is 0.244. The SMILES string of the molecule is CC.CCC.CCN(CCN(C)C)Cc1cc(C)cc(P(C)(C)=O)c1. The van der Waals surface area contributed by atoms with E-state index in [4.69, 9.17) is 0 Å². The molecule has 0 aliphatic carbocycles. The van der Waals surface area contributed by atoms with Crippen molar-refractivity contribution in [1.82, 2.24) is 9.80 Å². The minimum atomic E-state index is -2.18. The molecule has 0 N–H and O–H groups in total. The van der Waals surface area contributed by atoms with Crippen LogP contribution in [0.4, 0.5) is 0 Å². The second-order valence-corrected chi connectivity index (χ2v) is 10.1. The normalized spacial score (nSPS) is 10.9. The van der Waals surface area contributed by atoms with Gasteiger partial charge in [-0.2, -0.15) is 0 Å². The topological polar surface area (TPSA) is 23.6 Å². The molecule has 4 heteroatoms. The van der Waals surface area contributed by atoms with Crippen LogP contribution >= 0.6 is 7.14 Å². The van der Waals surface area contributed by atoms with Crippen LogP contribution in [0.2, 0.25) is 0 Å². The summed E-state index contributed by atoms with van der Waals surface area (Å²) in [5.74, 6) is 0. The molecule has 0 spiro atoms. The van der Waals surface area contributed by atoms with Gasteiger partial charge in [0.2, 0.25) is 0 Å². The minimum Gasteiger partial charge on any atom is -0.319 e. The summed E-state index contributed by atoms with van der Waals surface area (Å²) in [5, 5.41) is 0.996. The van der Waals surface area contributed by atoms with Crippen LogP contribution in [0, 0.1) is 6.92 Å². The van der Waals surface area contributed by atoms with E-state index >= 15 is 0 Å². The molecule has 0 aromatic heterocycles. The highest BCUT2D eigenvalue weighted by Crippen LogP contribution is 2.35. The molecule has 25 heavy (non-hydrogen) atoms. The summed E-state index contributed by atoms with van der Waals surface area (Å²) in [6.45, 7) is 20.3. The van der Waals surface area contributed by atoms with Crippen molar-refractivity contribution in [3.8, 4) is 0 Å². The molecule has 0 aliphatic heterocycles. The molecule has 0 heterocycles. The first kappa shape index (κ1) is 26.6. The molecule has 0 saturated carbocycles. The molecule has 0 aliphatic rings. The Labute approximate surface area is 158 Å². The van der Waals surface area contributed by atoms with Crippen LogP contribution < -0.4 is 5.30 Å². The molecule has 0 amide bonds. The van der Waals surface area contributed by atoms with Crippen molar-refractivity contribution >= 4 is 12.4 Å². The lowest BCUT2D eigenvalue weighted by Crippen LogP contribution is -2.31. The van der Waals surface area contributed by atoms with Gasteiger partial charge < -0.3 is 9.46 Å². The van der Waals surface area contributed by atoms with Gasteiger partial charge in [-0.05, 0) is 58.6 Å². The van der Waals surface area contributed by atoms with Crippen LogP contribution in [0.3, 0.4) is 0 Å². The van der Waals surface area contributed by atoms with Crippen molar-refractivity contribution in [1.29, 1.82) is 0 Å². The second-order valence-electron chi connectivity index (χ2n) is 6.91. The largest absolute Gasteiger partial charge is 0.319 e. The van der Waals surface area contributed by atoms with Crippen LogP contribution in [0.25, 0.3) is 0 Å². The van der Waals surface area contributed by atoms with Gasteiger partial charge in [0.15, 0.2) is 0 Å². The smallest absolute Gasteiger partial charge is 0.109 e. The maximum atomic E-state index is 12.3. The summed E-state index contributed by atoms with van der Waals surface area (Å²) < 4.78 is 12.3. The number of benzene rings is 1. The highest BCUT2D eigenvalue weighted by atomic mass is 31.2.